The standard InChI is InChI=1S/C22H18Cl2FN7O2S3/c1-2-35-22-31-29-20(37-22)27-18(33)11-36-21-30-28-17(32(21)14-6-7-15(23)16(24)9-14)10-26-19(34)12-4-3-5-13(25)8-12/h3-9H,2,10-11H2,1H3,(H,26,34)(H,27,29,33). The topological polar surface area (TPSA) is 115 Å². The Hall–Kier alpha value is -2.71. The van der Waals surface area contributed by atoms with Gasteiger partial charge in [0.15, 0.2) is 15.3 Å². The van der Waals surface area contributed by atoms with E-state index in [1.165, 1.54) is 29.5 Å². The SMILES string of the molecule is CCSc1nnc(NC(=O)CSc2nnc(CNC(=O)c3cccc(F)c3)n2-c2ccc(Cl)c(Cl)c2)s1. The van der Waals surface area contributed by atoms with Crippen LogP contribution in [0, 0.1) is 5.82 Å². The van der Waals surface area contributed by atoms with Gasteiger partial charge in [-0.05, 0) is 42.2 Å². The van der Waals surface area contributed by atoms with Crippen molar-refractivity contribution >= 4 is 75.0 Å². The lowest BCUT2D eigenvalue weighted by Gasteiger charge is -2.12. The number of amides is 2. The molecule has 4 rings (SSSR count). The highest BCUT2D eigenvalue weighted by Crippen LogP contribution is 2.29. The van der Waals surface area contributed by atoms with E-state index in [0.717, 1.165) is 27.9 Å². The molecule has 192 valence electrons. The van der Waals surface area contributed by atoms with Gasteiger partial charge in [-0.2, -0.15) is 0 Å². The summed E-state index contributed by atoms with van der Waals surface area (Å²) >= 11 is 16.3. The molecular formula is C22H18Cl2FN7O2S3. The molecule has 2 amide bonds. The summed E-state index contributed by atoms with van der Waals surface area (Å²) in [6, 6.07) is 10.3. The number of nitrogens with zero attached hydrogens (tertiary/aromatic N) is 5. The van der Waals surface area contributed by atoms with Crippen molar-refractivity contribution in [1.29, 1.82) is 0 Å². The fourth-order valence-electron chi connectivity index (χ4n) is 3.01. The quantitative estimate of drug-likeness (QED) is 0.186. The average molecular weight is 599 g/mol. The van der Waals surface area contributed by atoms with Gasteiger partial charge in [-0.15, -0.1) is 20.4 Å². The van der Waals surface area contributed by atoms with Crippen molar-refractivity contribution in [3.05, 3.63) is 69.7 Å². The molecule has 0 radical (unpaired) electrons. The number of thioether (sulfide) groups is 2. The lowest BCUT2D eigenvalue weighted by atomic mass is 10.2. The largest absolute Gasteiger partial charge is 0.345 e. The molecular weight excluding hydrogens is 580 g/mol. The van der Waals surface area contributed by atoms with Crippen LogP contribution in [0.1, 0.15) is 23.1 Å². The van der Waals surface area contributed by atoms with Crippen molar-refractivity contribution in [1.82, 2.24) is 30.3 Å². The van der Waals surface area contributed by atoms with Gasteiger partial charge < -0.3 is 5.32 Å². The van der Waals surface area contributed by atoms with Crippen molar-refractivity contribution in [2.75, 3.05) is 16.8 Å². The van der Waals surface area contributed by atoms with Crippen molar-refractivity contribution in [2.24, 2.45) is 0 Å². The van der Waals surface area contributed by atoms with E-state index in [4.69, 9.17) is 23.2 Å². The van der Waals surface area contributed by atoms with Gasteiger partial charge in [0.25, 0.3) is 5.91 Å². The number of anilines is 1. The van der Waals surface area contributed by atoms with Gasteiger partial charge in [0.2, 0.25) is 11.0 Å². The average Bonchev–Trinajstić information content (AvgIpc) is 3.49. The molecule has 0 bridgehead atoms. The highest BCUT2D eigenvalue weighted by atomic mass is 35.5. The van der Waals surface area contributed by atoms with Crippen molar-refractivity contribution in [3.63, 3.8) is 0 Å². The third-order valence-electron chi connectivity index (χ3n) is 4.61. The number of hydrogen-bond acceptors (Lipinski definition) is 9. The molecule has 0 saturated carbocycles. The Balaban J connectivity index is 1.50. The predicted molar refractivity (Wildman–Crippen MR) is 145 cm³/mol. The van der Waals surface area contributed by atoms with Crippen molar-refractivity contribution in [3.8, 4) is 5.69 Å². The van der Waals surface area contributed by atoms with Crippen LogP contribution in [0.4, 0.5) is 9.52 Å². The zero-order valence-corrected chi connectivity index (χ0v) is 23.0. The number of carbonyl (C=O) groups is 2. The van der Waals surface area contributed by atoms with Crippen molar-refractivity contribution in [2.45, 2.75) is 23.0 Å². The number of benzene rings is 2. The van der Waals surface area contributed by atoms with E-state index in [9.17, 15) is 14.0 Å². The van der Waals surface area contributed by atoms with Gasteiger partial charge >= 0.3 is 0 Å². The molecule has 4 aromatic rings. The normalized spacial score (nSPS) is 10.9. The molecule has 37 heavy (non-hydrogen) atoms. The van der Waals surface area contributed by atoms with Crippen LogP contribution in [0.5, 0.6) is 0 Å². The Labute approximate surface area is 233 Å². The monoisotopic (exact) mass is 597 g/mol. The van der Waals surface area contributed by atoms with Crippen LogP contribution < -0.4 is 10.6 Å². The minimum atomic E-state index is -0.516. The first kappa shape index (κ1) is 27.3. The first-order valence-electron chi connectivity index (χ1n) is 10.7. The number of carbonyl (C=O) groups excluding carboxylic acids is 2. The number of halogens is 3. The van der Waals surface area contributed by atoms with E-state index < -0.39 is 11.7 Å². The number of rotatable bonds is 10. The molecule has 0 aliphatic carbocycles. The summed E-state index contributed by atoms with van der Waals surface area (Å²) in [4.78, 5) is 25.0. The van der Waals surface area contributed by atoms with Crippen LogP contribution in [0.25, 0.3) is 5.69 Å². The van der Waals surface area contributed by atoms with Gasteiger partial charge in [-0.3, -0.25) is 19.5 Å². The molecule has 0 spiro atoms. The second-order valence-electron chi connectivity index (χ2n) is 7.17. The summed E-state index contributed by atoms with van der Waals surface area (Å²) in [6.45, 7) is 1.99. The molecule has 15 heteroatoms. The van der Waals surface area contributed by atoms with Crippen LogP contribution in [-0.4, -0.2) is 48.3 Å². The maximum absolute atomic E-state index is 13.5. The van der Waals surface area contributed by atoms with Gasteiger partial charge in [0.1, 0.15) is 5.82 Å². The molecule has 0 aliphatic heterocycles. The van der Waals surface area contributed by atoms with Crippen LogP contribution in [0.3, 0.4) is 0 Å². The summed E-state index contributed by atoms with van der Waals surface area (Å²) in [7, 11) is 0. The predicted octanol–water partition coefficient (Wildman–Crippen LogP) is 5.34. The lowest BCUT2D eigenvalue weighted by Crippen LogP contribution is -2.24. The lowest BCUT2D eigenvalue weighted by molar-refractivity contribution is -0.113. The summed E-state index contributed by atoms with van der Waals surface area (Å²) in [5, 5.41) is 23.3. The van der Waals surface area contributed by atoms with Crippen molar-refractivity contribution < 1.29 is 14.0 Å². The molecule has 0 unspecified atom stereocenters. The maximum Gasteiger partial charge on any atom is 0.251 e. The Morgan fingerprint density at radius 1 is 1.05 bits per heavy atom. The summed E-state index contributed by atoms with van der Waals surface area (Å²) < 4.78 is 15.9. The second kappa shape index (κ2) is 12.7. The zero-order valence-electron chi connectivity index (χ0n) is 19.1. The number of hydrogen-bond donors (Lipinski definition) is 2. The number of nitrogens with one attached hydrogen (secondary N) is 2. The van der Waals surface area contributed by atoms with Crippen LogP contribution in [-0.2, 0) is 11.3 Å². The van der Waals surface area contributed by atoms with E-state index >= 15 is 0 Å². The molecule has 0 fully saturated rings. The van der Waals surface area contributed by atoms with Gasteiger partial charge in [-0.25, -0.2) is 4.39 Å². The summed E-state index contributed by atoms with van der Waals surface area (Å²) in [5.41, 5.74) is 0.756. The minimum absolute atomic E-state index is 0.0159. The smallest absolute Gasteiger partial charge is 0.251 e. The van der Waals surface area contributed by atoms with E-state index in [1.54, 1.807) is 34.5 Å². The molecule has 9 nitrogen and oxygen atoms in total. The Kier molecular flexibility index (Phi) is 9.38. The third-order valence-corrected chi connectivity index (χ3v) is 8.13. The molecule has 2 aromatic heterocycles. The fourth-order valence-corrected chi connectivity index (χ4v) is 5.74. The molecule has 0 atom stereocenters. The summed E-state index contributed by atoms with van der Waals surface area (Å²) in [5.74, 6) is -0.0409. The Morgan fingerprint density at radius 2 is 1.89 bits per heavy atom. The van der Waals surface area contributed by atoms with Crippen LogP contribution in [0.15, 0.2) is 52.0 Å². The zero-order chi connectivity index (χ0) is 26.4. The van der Waals surface area contributed by atoms with E-state index in [1.807, 2.05) is 6.92 Å². The van der Waals surface area contributed by atoms with Crippen LogP contribution >= 0.6 is 58.1 Å². The second-order valence-corrected chi connectivity index (χ2v) is 11.4. The Morgan fingerprint density at radius 3 is 2.65 bits per heavy atom. The first-order chi connectivity index (χ1) is 17.8. The van der Waals surface area contributed by atoms with Gasteiger partial charge in [0.05, 0.1) is 28.0 Å². The van der Waals surface area contributed by atoms with Gasteiger partial charge in [-0.1, -0.05) is 71.1 Å². The fraction of sp³-hybridized carbons (Fsp3) is 0.182. The van der Waals surface area contributed by atoms with E-state index in [0.29, 0.717) is 31.8 Å². The van der Waals surface area contributed by atoms with E-state index in [2.05, 4.69) is 31.0 Å². The molecule has 2 N–H and O–H groups in total. The van der Waals surface area contributed by atoms with Gasteiger partial charge in [0, 0.05) is 5.56 Å². The van der Waals surface area contributed by atoms with Crippen LogP contribution in [0.2, 0.25) is 10.0 Å². The molecule has 0 saturated heterocycles. The highest BCUT2D eigenvalue weighted by Gasteiger charge is 2.18. The highest BCUT2D eigenvalue weighted by molar-refractivity contribution is 8.01. The third kappa shape index (κ3) is 7.20. The number of aromatic nitrogens is 5. The Bertz CT molecular complexity index is 1430. The maximum atomic E-state index is 13.5. The summed E-state index contributed by atoms with van der Waals surface area (Å²) in [6.07, 6.45) is 0. The minimum Gasteiger partial charge on any atom is -0.345 e. The molecule has 2 heterocycles. The molecule has 2 aromatic carbocycles. The van der Waals surface area contributed by atoms with E-state index in [-0.39, 0.29) is 23.8 Å². The first-order valence-corrected chi connectivity index (χ1v) is 14.2. The molecule has 0 aliphatic rings.